The summed E-state index contributed by atoms with van der Waals surface area (Å²) in [7, 11) is 2.94. The molecule has 2 N–H and O–H groups in total. The highest BCUT2D eigenvalue weighted by atomic mass is 19.4. The number of carboxylic acid groups (broad SMARTS) is 1. The molecule has 1 saturated heterocycles. The van der Waals surface area contributed by atoms with Crippen molar-refractivity contribution in [2.24, 2.45) is 7.05 Å². The molecule has 3 rings (SSSR count). The molecule has 0 aromatic carbocycles. The maximum atomic E-state index is 13.2. The molecule has 36 heavy (non-hydrogen) atoms. The van der Waals surface area contributed by atoms with Crippen LogP contribution in [0.4, 0.5) is 25.1 Å². The standard InChI is InChI=1S/C20H28N6O3.C2HF3O2/c1-6-7-13-26-14-15(22-19(26)25-11-9-8-10-12-25)21-18(24(4)16(14)27)23-20(2,3)17(28)29-5;3-2(4,5)1(6)7/h8-13H2,1-5H3,(H,21,23);(H,6,7). The van der Waals surface area contributed by atoms with E-state index in [1.807, 2.05) is 4.57 Å². The fourth-order valence-corrected chi connectivity index (χ4v) is 3.49. The number of halogens is 3. The van der Waals surface area contributed by atoms with Gasteiger partial charge < -0.3 is 20.1 Å². The topological polar surface area (TPSA) is 132 Å². The zero-order valence-electron chi connectivity index (χ0n) is 20.7. The van der Waals surface area contributed by atoms with E-state index in [9.17, 15) is 22.8 Å². The summed E-state index contributed by atoms with van der Waals surface area (Å²) in [5.74, 6) is 3.69. The van der Waals surface area contributed by atoms with E-state index in [0.29, 0.717) is 17.7 Å². The Morgan fingerprint density at radius 2 is 1.75 bits per heavy atom. The number of carbonyl (C=O) groups excluding carboxylic acids is 1. The van der Waals surface area contributed by atoms with E-state index in [-0.39, 0.29) is 11.5 Å². The lowest BCUT2D eigenvalue weighted by Crippen LogP contribution is -2.43. The number of carboxylic acids is 1. The molecule has 1 aliphatic rings. The van der Waals surface area contributed by atoms with Crippen LogP contribution in [0.15, 0.2) is 4.79 Å². The minimum Gasteiger partial charge on any atom is -0.475 e. The second-order valence-electron chi connectivity index (χ2n) is 8.49. The Hall–Kier alpha value is -3.76. The maximum absolute atomic E-state index is 13.2. The fourth-order valence-electron chi connectivity index (χ4n) is 3.49. The number of methoxy groups -OCH3 is 1. The van der Waals surface area contributed by atoms with Gasteiger partial charge >= 0.3 is 18.1 Å². The number of nitrogens with zero attached hydrogens (tertiary/aromatic N) is 5. The Kier molecular flexibility index (Phi) is 8.95. The molecule has 0 amide bonds. The first kappa shape index (κ1) is 28.5. The van der Waals surface area contributed by atoms with Crippen LogP contribution in [0.5, 0.6) is 0 Å². The largest absolute Gasteiger partial charge is 0.490 e. The number of nitrogens with one attached hydrogen (secondary N) is 1. The van der Waals surface area contributed by atoms with Crippen LogP contribution >= 0.6 is 0 Å². The predicted molar refractivity (Wildman–Crippen MR) is 126 cm³/mol. The molecule has 198 valence electrons. The van der Waals surface area contributed by atoms with Crippen LogP contribution < -0.4 is 15.8 Å². The number of hydrogen-bond acceptors (Lipinski definition) is 8. The molecule has 0 saturated carbocycles. The van der Waals surface area contributed by atoms with Crippen molar-refractivity contribution in [2.45, 2.75) is 58.3 Å². The molecule has 0 aliphatic carbocycles. The Morgan fingerprint density at radius 3 is 2.25 bits per heavy atom. The number of ether oxygens (including phenoxy) is 1. The van der Waals surface area contributed by atoms with Crippen molar-refractivity contribution in [3.8, 4) is 11.8 Å². The number of fused-ring (bicyclic) bond motifs is 1. The first-order valence-corrected chi connectivity index (χ1v) is 11.0. The number of anilines is 2. The molecule has 1 aliphatic heterocycles. The van der Waals surface area contributed by atoms with Crippen molar-refractivity contribution in [1.82, 2.24) is 19.1 Å². The first-order valence-electron chi connectivity index (χ1n) is 11.0. The Labute approximate surface area is 205 Å². The number of carbonyl (C=O) groups is 2. The molecule has 14 heteroatoms. The van der Waals surface area contributed by atoms with Gasteiger partial charge in [0.2, 0.25) is 11.9 Å². The van der Waals surface area contributed by atoms with Crippen LogP contribution in [-0.2, 0) is 27.9 Å². The lowest BCUT2D eigenvalue weighted by atomic mass is 10.1. The molecule has 0 radical (unpaired) electrons. The highest BCUT2D eigenvalue weighted by molar-refractivity contribution is 5.83. The van der Waals surface area contributed by atoms with Gasteiger partial charge in [-0.15, -0.1) is 5.92 Å². The van der Waals surface area contributed by atoms with Gasteiger partial charge in [0, 0.05) is 20.1 Å². The summed E-state index contributed by atoms with van der Waals surface area (Å²) >= 11 is 0. The quantitative estimate of drug-likeness (QED) is 0.455. The van der Waals surface area contributed by atoms with Crippen LogP contribution in [0, 0.1) is 11.8 Å². The highest BCUT2D eigenvalue weighted by Gasteiger charge is 2.38. The lowest BCUT2D eigenvalue weighted by molar-refractivity contribution is -0.192. The third-order valence-electron chi connectivity index (χ3n) is 5.38. The molecular formula is C22H29F3N6O5. The zero-order valence-corrected chi connectivity index (χ0v) is 20.7. The number of rotatable bonds is 5. The minimum absolute atomic E-state index is 0.244. The third kappa shape index (κ3) is 6.46. The van der Waals surface area contributed by atoms with Crippen molar-refractivity contribution in [3.05, 3.63) is 10.4 Å². The highest BCUT2D eigenvalue weighted by Crippen LogP contribution is 2.24. The van der Waals surface area contributed by atoms with E-state index in [2.05, 4.69) is 32.0 Å². The second-order valence-corrected chi connectivity index (χ2v) is 8.49. The molecule has 2 aromatic rings. The average Bonchev–Trinajstić information content (AvgIpc) is 3.18. The van der Waals surface area contributed by atoms with Gasteiger partial charge in [-0.1, -0.05) is 5.92 Å². The number of esters is 1. The molecule has 0 bridgehead atoms. The predicted octanol–water partition coefficient (Wildman–Crippen LogP) is 2.14. The van der Waals surface area contributed by atoms with Crippen molar-refractivity contribution in [3.63, 3.8) is 0 Å². The summed E-state index contributed by atoms with van der Waals surface area (Å²) < 4.78 is 39.8. The van der Waals surface area contributed by atoms with Gasteiger partial charge in [-0.05, 0) is 40.0 Å². The minimum atomic E-state index is -5.08. The number of aliphatic carboxylic acids is 1. The number of imidazole rings is 1. The van der Waals surface area contributed by atoms with E-state index in [1.165, 1.54) is 18.1 Å². The molecule has 2 aromatic heterocycles. The second kappa shape index (κ2) is 11.3. The third-order valence-corrected chi connectivity index (χ3v) is 5.38. The van der Waals surface area contributed by atoms with Crippen LogP contribution in [0.2, 0.25) is 0 Å². The van der Waals surface area contributed by atoms with Crippen LogP contribution in [-0.4, -0.2) is 68.1 Å². The van der Waals surface area contributed by atoms with Crippen molar-refractivity contribution in [2.75, 3.05) is 30.4 Å². The first-order chi connectivity index (χ1) is 16.7. The summed E-state index contributed by atoms with van der Waals surface area (Å²) in [4.78, 5) is 45.6. The van der Waals surface area contributed by atoms with Gasteiger partial charge in [0.25, 0.3) is 5.56 Å². The summed E-state index contributed by atoms with van der Waals surface area (Å²) in [5.41, 5.74) is -0.537. The summed E-state index contributed by atoms with van der Waals surface area (Å²) in [6.45, 7) is 7.27. The van der Waals surface area contributed by atoms with Crippen molar-refractivity contribution < 1.29 is 32.6 Å². The van der Waals surface area contributed by atoms with Gasteiger partial charge in [-0.2, -0.15) is 23.1 Å². The molecule has 1 fully saturated rings. The molecule has 11 nitrogen and oxygen atoms in total. The van der Waals surface area contributed by atoms with Gasteiger partial charge in [-0.25, -0.2) is 9.59 Å². The SMILES string of the molecule is CC#CCn1c(N2CCCCC2)nc2nc(NC(C)(C)C(=O)OC)n(C)c(=O)c21.O=C(O)C(F)(F)F. The number of hydrogen-bond donors (Lipinski definition) is 2. The van der Waals surface area contributed by atoms with E-state index < -0.39 is 23.7 Å². The molecule has 0 atom stereocenters. The van der Waals surface area contributed by atoms with E-state index in [0.717, 1.165) is 31.9 Å². The summed E-state index contributed by atoms with van der Waals surface area (Å²) in [5, 5.41) is 10.1. The number of aromatic nitrogens is 4. The summed E-state index contributed by atoms with van der Waals surface area (Å²) in [6, 6.07) is 0. The molecular weight excluding hydrogens is 485 g/mol. The van der Waals surface area contributed by atoms with Gasteiger partial charge in [0.15, 0.2) is 11.2 Å². The lowest BCUT2D eigenvalue weighted by Gasteiger charge is -2.27. The smallest absolute Gasteiger partial charge is 0.475 e. The van der Waals surface area contributed by atoms with Crippen LogP contribution in [0.1, 0.15) is 40.0 Å². The molecule has 0 spiro atoms. The Bertz CT molecular complexity index is 1230. The van der Waals surface area contributed by atoms with E-state index >= 15 is 0 Å². The summed E-state index contributed by atoms with van der Waals surface area (Å²) in [6.07, 6.45) is -1.70. The Balaban J connectivity index is 0.000000572. The molecule has 3 heterocycles. The van der Waals surface area contributed by atoms with Crippen molar-refractivity contribution in [1.29, 1.82) is 0 Å². The zero-order chi connectivity index (χ0) is 27.3. The van der Waals surface area contributed by atoms with E-state index in [1.54, 1.807) is 27.8 Å². The number of alkyl halides is 3. The van der Waals surface area contributed by atoms with E-state index in [4.69, 9.17) is 14.6 Å². The Morgan fingerprint density at radius 1 is 1.17 bits per heavy atom. The maximum Gasteiger partial charge on any atom is 0.490 e. The van der Waals surface area contributed by atoms with Crippen LogP contribution in [0.3, 0.4) is 0 Å². The van der Waals surface area contributed by atoms with Crippen LogP contribution in [0.25, 0.3) is 11.2 Å². The van der Waals surface area contributed by atoms with Gasteiger partial charge in [0.1, 0.15) is 5.54 Å². The fraction of sp³-hybridized carbons (Fsp3) is 0.591. The van der Waals surface area contributed by atoms with Gasteiger partial charge in [-0.3, -0.25) is 13.9 Å². The normalized spacial score (nSPS) is 13.8. The van der Waals surface area contributed by atoms with Gasteiger partial charge in [0.05, 0.1) is 13.7 Å². The molecule has 0 unspecified atom stereocenters. The average molecular weight is 515 g/mol. The monoisotopic (exact) mass is 514 g/mol. The number of piperidine rings is 1. The van der Waals surface area contributed by atoms with Crippen molar-refractivity contribution >= 4 is 35.0 Å².